The van der Waals surface area contributed by atoms with E-state index in [1.165, 1.54) is 55.7 Å². The third kappa shape index (κ3) is 8.87. The van der Waals surface area contributed by atoms with Gasteiger partial charge >= 0.3 is 0 Å². The lowest BCUT2D eigenvalue weighted by molar-refractivity contribution is 0.639. The van der Waals surface area contributed by atoms with E-state index in [1.807, 2.05) is 19.1 Å². The Bertz CT molecular complexity index is 1790. The molecule has 4 rings (SSSR count). The van der Waals surface area contributed by atoms with E-state index in [-0.39, 0.29) is 5.41 Å². The van der Waals surface area contributed by atoms with Gasteiger partial charge in [-0.2, -0.15) is 0 Å². The summed E-state index contributed by atoms with van der Waals surface area (Å²) in [6, 6.07) is 18.3. The number of benzene rings is 2. The molecule has 0 saturated carbocycles. The summed E-state index contributed by atoms with van der Waals surface area (Å²) in [7, 11) is 0. The molecule has 2 aliphatic rings. The Morgan fingerprint density at radius 3 is 2.18 bits per heavy atom. The highest BCUT2D eigenvalue weighted by Gasteiger charge is 2.30. The first-order valence-electron chi connectivity index (χ1n) is 18.0. The van der Waals surface area contributed by atoms with Crippen LogP contribution in [0.2, 0.25) is 0 Å². The van der Waals surface area contributed by atoms with Crippen LogP contribution >= 0.6 is 0 Å². The maximum absolute atomic E-state index is 4.35. The van der Waals surface area contributed by atoms with Gasteiger partial charge in [0, 0.05) is 17.3 Å². The summed E-state index contributed by atoms with van der Waals surface area (Å²) in [6.07, 6.45) is 36.2. The van der Waals surface area contributed by atoms with Crippen molar-refractivity contribution < 1.29 is 0 Å². The molecule has 2 aliphatic carbocycles. The predicted molar refractivity (Wildman–Crippen MR) is 218 cm³/mol. The minimum atomic E-state index is -0.199. The topological polar surface area (TPSA) is 0 Å². The second kappa shape index (κ2) is 17.6. The average Bonchev–Trinajstić information content (AvgIpc) is 3.09. The van der Waals surface area contributed by atoms with E-state index in [4.69, 9.17) is 0 Å². The molecular formula is C49H56. The molecule has 2 aromatic carbocycles. The van der Waals surface area contributed by atoms with Gasteiger partial charge in [0.1, 0.15) is 0 Å². The molecule has 0 radical (unpaired) electrons. The number of hydrogen-bond acceptors (Lipinski definition) is 0. The van der Waals surface area contributed by atoms with Crippen LogP contribution in [0, 0.1) is 11.8 Å². The van der Waals surface area contributed by atoms with E-state index in [0.717, 1.165) is 24.8 Å². The molecule has 0 heteroatoms. The van der Waals surface area contributed by atoms with Gasteiger partial charge in [0.2, 0.25) is 0 Å². The quantitative estimate of drug-likeness (QED) is 0.180. The lowest BCUT2D eigenvalue weighted by Gasteiger charge is -2.33. The number of fused-ring (bicyclic) bond motifs is 1. The van der Waals surface area contributed by atoms with Crippen molar-refractivity contribution in [2.24, 2.45) is 11.8 Å². The molecule has 0 spiro atoms. The van der Waals surface area contributed by atoms with Crippen molar-refractivity contribution in [2.45, 2.75) is 73.1 Å². The molecule has 0 saturated heterocycles. The lowest BCUT2D eigenvalue weighted by atomic mass is 9.71. The number of rotatable bonds is 14. The largest absolute Gasteiger partial charge is 0.0991 e. The summed E-state index contributed by atoms with van der Waals surface area (Å²) in [5, 5.41) is 0. The van der Waals surface area contributed by atoms with Gasteiger partial charge in [-0.25, -0.2) is 0 Å². The fraction of sp³-hybridized carbons (Fsp3) is 0.265. The lowest BCUT2D eigenvalue weighted by Crippen LogP contribution is -2.19. The number of allylic oxidation sites excluding steroid dienone is 22. The van der Waals surface area contributed by atoms with Crippen LogP contribution in [0.1, 0.15) is 83.6 Å². The number of hydrogen-bond donors (Lipinski definition) is 0. The summed E-state index contributed by atoms with van der Waals surface area (Å²) in [5.41, 5.74) is 13.9. The Labute approximate surface area is 298 Å². The van der Waals surface area contributed by atoms with Crippen molar-refractivity contribution in [1.82, 2.24) is 0 Å². The van der Waals surface area contributed by atoms with Crippen molar-refractivity contribution in [1.29, 1.82) is 0 Å². The van der Waals surface area contributed by atoms with Gasteiger partial charge in [-0.1, -0.05) is 180 Å². The van der Waals surface area contributed by atoms with Crippen LogP contribution in [0.15, 0.2) is 181 Å². The average molecular weight is 645 g/mol. The second-order valence-electron chi connectivity index (χ2n) is 13.6. The molecule has 0 N–H and O–H groups in total. The van der Waals surface area contributed by atoms with Gasteiger partial charge in [-0.05, 0) is 102 Å². The Hall–Kier alpha value is -4.68. The van der Waals surface area contributed by atoms with Crippen molar-refractivity contribution in [3.05, 3.63) is 203 Å². The molecule has 0 fully saturated rings. The van der Waals surface area contributed by atoms with E-state index < -0.39 is 0 Å². The van der Waals surface area contributed by atoms with Gasteiger partial charge in [0.25, 0.3) is 0 Å². The molecule has 2 atom stereocenters. The third-order valence-corrected chi connectivity index (χ3v) is 9.73. The summed E-state index contributed by atoms with van der Waals surface area (Å²) < 4.78 is 0. The van der Waals surface area contributed by atoms with Crippen molar-refractivity contribution in [3.8, 4) is 0 Å². The smallest absolute Gasteiger partial charge is 0.0146 e. The minimum Gasteiger partial charge on any atom is -0.0991 e. The molecule has 0 aromatic heterocycles. The maximum Gasteiger partial charge on any atom is 0.0146 e. The summed E-state index contributed by atoms with van der Waals surface area (Å²) in [6.45, 7) is 23.6. The SMILES string of the molecule is C=C/C=C(\C=C/Cc1ccc(C2=C(CCC)C(/C=C\C)=CC3C=CC=CC23)cc1)C(C)(C)c1ccc(/C(C(=C)/C=C\C)=C(C)\C=C/C)cc1. The predicted octanol–water partition coefficient (Wildman–Crippen LogP) is 13.8. The van der Waals surface area contributed by atoms with Gasteiger partial charge in [0.05, 0.1) is 0 Å². The summed E-state index contributed by atoms with van der Waals surface area (Å²) in [4.78, 5) is 0. The van der Waals surface area contributed by atoms with Gasteiger partial charge in [-0.15, -0.1) is 0 Å². The third-order valence-electron chi connectivity index (χ3n) is 9.73. The van der Waals surface area contributed by atoms with E-state index in [0.29, 0.717) is 11.8 Å². The fourth-order valence-corrected chi connectivity index (χ4v) is 7.21. The highest BCUT2D eigenvalue weighted by molar-refractivity contribution is 5.84. The molecule has 0 heterocycles. The Morgan fingerprint density at radius 2 is 1.55 bits per heavy atom. The molecule has 0 amide bonds. The first-order chi connectivity index (χ1) is 23.7. The molecule has 252 valence electrons. The van der Waals surface area contributed by atoms with E-state index in [1.54, 1.807) is 0 Å². The maximum atomic E-state index is 4.35. The van der Waals surface area contributed by atoms with E-state index >= 15 is 0 Å². The molecule has 0 aliphatic heterocycles. The van der Waals surface area contributed by atoms with Gasteiger partial charge < -0.3 is 0 Å². The highest BCUT2D eigenvalue weighted by atomic mass is 14.3. The zero-order valence-electron chi connectivity index (χ0n) is 31.0. The highest BCUT2D eigenvalue weighted by Crippen LogP contribution is 2.44. The van der Waals surface area contributed by atoms with Crippen LogP contribution in [0.4, 0.5) is 0 Å². The van der Waals surface area contributed by atoms with Gasteiger partial charge in [0.15, 0.2) is 0 Å². The van der Waals surface area contributed by atoms with Crippen LogP contribution < -0.4 is 0 Å². The normalized spacial score (nSPS) is 18.9. The van der Waals surface area contributed by atoms with Gasteiger partial charge in [-0.3, -0.25) is 0 Å². The minimum absolute atomic E-state index is 0.199. The summed E-state index contributed by atoms with van der Waals surface area (Å²) >= 11 is 0. The van der Waals surface area contributed by atoms with Crippen LogP contribution in [0.5, 0.6) is 0 Å². The molecule has 2 unspecified atom stereocenters. The van der Waals surface area contributed by atoms with Crippen LogP contribution in [0.25, 0.3) is 11.1 Å². The first kappa shape index (κ1) is 37.1. The fourth-order valence-electron chi connectivity index (χ4n) is 7.21. The molecule has 0 nitrogen and oxygen atoms in total. The second-order valence-corrected chi connectivity index (χ2v) is 13.6. The Balaban J connectivity index is 1.57. The van der Waals surface area contributed by atoms with Crippen molar-refractivity contribution in [3.63, 3.8) is 0 Å². The van der Waals surface area contributed by atoms with Crippen LogP contribution in [0.3, 0.4) is 0 Å². The van der Waals surface area contributed by atoms with Crippen LogP contribution in [-0.2, 0) is 11.8 Å². The monoisotopic (exact) mass is 644 g/mol. The van der Waals surface area contributed by atoms with Crippen LogP contribution in [-0.4, -0.2) is 0 Å². The van der Waals surface area contributed by atoms with Crippen molar-refractivity contribution in [2.75, 3.05) is 0 Å². The zero-order valence-corrected chi connectivity index (χ0v) is 31.0. The van der Waals surface area contributed by atoms with E-state index in [9.17, 15) is 0 Å². The molecule has 2 aromatic rings. The first-order valence-corrected chi connectivity index (χ1v) is 18.0. The zero-order chi connectivity index (χ0) is 35.4. The molecule has 0 bridgehead atoms. The van der Waals surface area contributed by atoms with Crippen molar-refractivity contribution >= 4 is 11.1 Å². The summed E-state index contributed by atoms with van der Waals surface area (Å²) in [5.74, 6) is 0.795. The Kier molecular flexibility index (Phi) is 13.4. The van der Waals surface area contributed by atoms with E-state index in [2.05, 4.69) is 182 Å². The Morgan fingerprint density at radius 1 is 0.857 bits per heavy atom. The molecule has 49 heavy (non-hydrogen) atoms. The molecular weight excluding hydrogens is 589 g/mol. The standard InChI is InChI=1S/C49H56/c1-10-18-36(6)47(37(7)19-11-2)39-31-33-44(34-32-39)49(8,9)43(21-13-4)25-17-23-38-27-29-40(30-28-38)48-45(22-14-5)41(20-12-3)35-42-24-15-16-26-46(42)48/h10-13,15-21,24-35,42,46H,4,6,14,22-23H2,1-3,5,7-9H3/b18-10-,19-11-,20-12-,25-17-,43-21+,47-37-.